The first-order valence-electron chi connectivity index (χ1n) is 8.90. The molecule has 0 bridgehead atoms. The molecule has 27 heavy (non-hydrogen) atoms. The van der Waals surface area contributed by atoms with Crippen molar-refractivity contribution in [2.24, 2.45) is 5.92 Å². The summed E-state index contributed by atoms with van der Waals surface area (Å²) in [5, 5.41) is 3.93. The third-order valence-electron chi connectivity index (χ3n) is 5.19. The number of alkyl halides is 3. The quantitative estimate of drug-likeness (QED) is 0.804. The topological polar surface area (TPSA) is 35.6 Å². The first kappa shape index (κ1) is 22.3. The van der Waals surface area contributed by atoms with Crippen LogP contribution in [0.25, 0.3) is 0 Å². The van der Waals surface area contributed by atoms with Crippen molar-refractivity contribution in [2.75, 3.05) is 39.3 Å². The number of carbonyl (C=O) groups is 1. The van der Waals surface area contributed by atoms with Gasteiger partial charge >= 0.3 is 6.18 Å². The molecule has 2 unspecified atom stereocenters. The minimum absolute atomic E-state index is 0. The van der Waals surface area contributed by atoms with Gasteiger partial charge in [-0.2, -0.15) is 13.2 Å². The molecule has 152 valence electrons. The number of likely N-dealkylation sites (tertiary alicyclic amines) is 1. The van der Waals surface area contributed by atoms with Crippen LogP contribution in [0.5, 0.6) is 0 Å². The van der Waals surface area contributed by atoms with Gasteiger partial charge < -0.3 is 10.2 Å². The van der Waals surface area contributed by atoms with Gasteiger partial charge in [0.25, 0.3) is 0 Å². The lowest BCUT2D eigenvalue weighted by Crippen LogP contribution is -2.52. The van der Waals surface area contributed by atoms with Crippen LogP contribution >= 0.6 is 24.0 Å². The van der Waals surface area contributed by atoms with Crippen LogP contribution in [0.4, 0.5) is 13.2 Å². The van der Waals surface area contributed by atoms with Crippen molar-refractivity contribution in [3.8, 4) is 0 Å². The standard InChI is InChI=1S/C18H23ClF3N3O.ClH/c19-15-6-2-1-5-14(15)16-10-23-7-9-24(16)12-17(26)25-8-3-4-13(11-25)18(20,21)22;/h1-2,5-6,13,16,23H,3-4,7-12H2;1H. The van der Waals surface area contributed by atoms with Crippen LogP contribution in [0.1, 0.15) is 24.4 Å². The van der Waals surface area contributed by atoms with Crippen molar-refractivity contribution >= 4 is 29.9 Å². The smallest absolute Gasteiger partial charge is 0.341 e. The fourth-order valence-electron chi connectivity index (χ4n) is 3.73. The fraction of sp³-hybridized carbons (Fsp3) is 0.611. The van der Waals surface area contributed by atoms with E-state index < -0.39 is 12.1 Å². The van der Waals surface area contributed by atoms with E-state index in [2.05, 4.69) is 5.32 Å². The van der Waals surface area contributed by atoms with Gasteiger partial charge in [-0.15, -0.1) is 12.4 Å². The normalized spacial score (nSPS) is 24.4. The molecule has 4 nitrogen and oxygen atoms in total. The maximum Gasteiger partial charge on any atom is 0.393 e. The van der Waals surface area contributed by atoms with Crippen molar-refractivity contribution in [3.63, 3.8) is 0 Å². The van der Waals surface area contributed by atoms with Crippen LogP contribution in [0.3, 0.4) is 0 Å². The highest BCUT2D eigenvalue weighted by atomic mass is 35.5. The molecule has 3 rings (SSSR count). The van der Waals surface area contributed by atoms with Gasteiger partial charge in [-0.3, -0.25) is 9.69 Å². The number of nitrogens with zero attached hydrogens (tertiary/aromatic N) is 2. The van der Waals surface area contributed by atoms with Crippen LogP contribution < -0.4 is 5.32 Å². The number of halogens is 5. The number of piperidine rings is 1. The monoisotopic (exact) mass is 425 g/mol. The molecule has 1 amide bonds. The Kier molecular flexibility index (Phi) is 7.80. The summed E-state index contributed by atoms with van der Waals surface area (Å²) in [6.07, 6.45) is -3.75. The molecule has 2 heterocycles. The number of benzene rings is 1. The number of piperazine rings is 1. The molecule has 2 atom stereocenters. The average molecular weight is 426 g/mol. The largest absolute Gasteiger partial charge is 0.393 e. The van der Waals surface area contributed by atoms with Gasteiger partial charge in [-0.25, -0.2) is 0 Å². The van der Waals surface area contributed by atoms with Crippen LogP contribution in [0, 0.1) is 5.92 Å². The van der Waals surface area contributed by atoms with Gasteiger partial charge in [-0.05, 0) is 24.5 Å². The Labute approximate surface area is 168 Å². The summed E-state index contributed by atoms with van der Waals surface area (Å²) >= 11 is 6.30. The van der Waals surface area contributed by atoms with Crippen LogP contribution in [0.15, 0.2) is 24.3 Å². The summed E-state index contributed by atoms with van der Waals surface area (Å²) in [7, 11) is 0. The van der Waals surface area contributed by atoms with Crippen LogP contribution in [-0.2, 0) is 4.79 Å². The van der Waals surface area contributed by atoms with Gasteiger partial charge in [0.1, 0.15) is 0 Å². The van der Waals surface area contributed by atoms with E-state index in [0.717, 1.165) is 12.1 Å². The lowest BCUT2D eigenvalue weighted by Gasteiger charge is -2.39. The highest BCUT2D eigenvalue weighted by Gasteiger charge is 2.43. The Hall–Kier alpha value is -1.02. The molecule has 2 saturated heterocycles. The summed E-state index contributed by atoms with van der Waals surface area (Å²) in [5.74, 6) is -1.65. The summed E-state index contributed by atoms with van der Waals surface area (Å²) in [5.41, 5.74) is 0.931. The maximum absolute atomic E-state index is 13.0. The highest BCUT2D eigenvalue weighted by Crippen LogP contribution is 2.33. The number of hydrogen-bond acceptors (Lipinski definition) is 3. The summed E-state index contributed by atoms with van der Waals surface area (Å²) in [6.45, 7) is 2.32. The van der Waals surface area contributed by atoms with E-state index in [0.29, 0.717) is 31.1 Å². The second-order valence-electron chi connectivity index (χ2n) is 6.93. The van der Waals surface area contributed by atoms with Crippen molar-refractivity contribution in [2.45, 2.75) is 25.1 Å². The minimum atomic E-state index is -4.24. The summed E-state index contributed by atoms with van der Waals surface area (Å²) in [6, 6.07) is 7.42. The zero-order valence-electron chi connectivity index (χ0n) is 14.8. The molecule has 2 aliphatic heterocycles. The predicted octanol–water partition coefficient (Wildman–Crippen LogP) is 3.51. The van der Waals surface area contributed by atoms with Gasteiger partial charge in [0, 0.05) is 43.8 Å². The predicted molar refractivity (Wildman–Crippen MR) is 101 cm³/mol. The molecule has 1 N–H and O–H groups in total. The Morgan fingerprint density at radius 3 is 2.70 bits per heavy atom. The SMILES string of the molecule is Cl.O=C(CN1CCNCC1c1ccccc1Cl)N1CCCC(C(F)(F)F)C1. The number of nitrogens with one attached hydrogen (secondary N) is 1. The highest BCUT2D eigenvalue weighted by molar-refractivity contribution is 6.31. The van der Waals surface area contributed by atoms with Gasteiger partial charge in [0.05, 0.1) is 12.5 Å². The Morgan fingerprint density at radius 2 is 2.00 bits per heavy atom. The van der Waals surface area contributed by atoms with Crippen molar-refractivity contribution in [1.29, 1.82) is 0 Å². The first-order valence-corrected chi connectivity index (χ1v) is 9.27. The number of amides is 1. The van der Waals surface area contributed by atoms with E-state index in [1.807, 2.05) is 29.2 Å². The van der Waals surface area contributed by atoms with Crippen molar-refractivity contribution in [3.05, 3.63) is 34.9 Å². The third kappa shape index (κ3) is 5.50. The van der Waals surface area contributed by atoms with E-state index >= 15 is 0 Å². The van der Waals surface area contributed by atoms with E-state index in [4.69, 9.17) is 11.6 Å². The lowest BCUT2D eigenvalue weighted by atomic mass is 9.97. The average Bonchev–Trinajstić information content (AvgIpc) is 2.62. The molecule has 0 radical (unpaired) electrons. The van der Waals surface area contributed by atoms with Gasteiger partial charge in [0.15, 0.2) is 0 Å². The van der Waals surface area contributed by atoms with Crippen molar-refractivity contribution < 1.29 is 18.0 Å². The molecule has 2 fully saturated rings. The molecule has 0 saturated carbocycles. The fourth-order valence-corrected chi connectivity index (χ4v) is 3.99. The van der Waals surface area contributed by atoms with E-state index in [-0.39, 0.29) is 43.9 Å². The third-order valence-corrected chi connectivity index (χ3v) is 5.54. The Bertz CT molecular complexity index is 645. The second-order valence-corrected chi connectivity index (χ2v) is 7.34. The second kappa shape index (κ2) is 9.45. The summed E-state index contributed by atoms with van der Waals surface area (Å²) < 4.78 is 39.0. The minimum Gasteiger partial charge on any atom is -0.341 e. The van der Waals surface area contributed by atoms with E-state index in [1.54, 1.807) is 0 Å². The molecule has 1 aromatic rings. The van der Waals surface area contributed by atoms with E-state index in [1.165, 1.54) is 4.90 Å². The number of carbonyl (C=O) groups excluding carboxylic acids is 1. The zero-order chi connectivity index (χ0) is 18.7. The molecule has 0 aromatic heterocycles. The number of hydrogen-bond donors (Lipinski definition) is 1. The molecule has 0 spiro atoms. The maximum atomic E-state index is 13.0. The van der Waals surface area contributed by atoms with E-state index in [9.17, 15) is 18.0 Å². The van der Waals surface area contributed by atoms with Crippen LogP contribution in [-0.4, -0.2) is 61.2 Å². The Morgan fingerprint density at radius 1 is 1.26 bits per heavy atom. The molecular weight excluding hydrogens is 402 g/mol. The molecule has 0 aliphatic carbocycles. The van der Waals surface area contributed by atoms with Gasteiger partial charge in [0.2, 0.25) is 5.91 Å². The van der Waals surface area contributed by atoms with Gasteiger partial charge in [-0.1, -0.05) is 29.8 Å². The lowest BCUT2D eigenvalue weighted by molar-refractivity contribution is -0.188. The molecular formula is C18H24Cl2F3N3O. The summed E-state index contributed by atoms with van der Waals surface area (Å²) in [4.78, 5) is 16.0. The molecule has 1 aromatic carbocycles. The first-order chi connectivity index (χ1) is 12.4. The molecule has 2 aliphatic rings. The van der Waals surface area contributed by atoms with Crippen LogP contribution in [0.2, 0.25) is 5.02 Å². The number of rotatable bonds is 3. The molecule has 9 heteroatoms. The Balaban J connectivity index is 0.00000261. The zero-order valence-corrected chi connectivity index (χ0v) is 16.4. The van der Waals surface area contributed by atoms with Crippen molar-refractivity contribution in [1.82, 2.24) is 15.1 Å².